The molecule has 2 aromatic heterocycles. The zero-order valence-corrected chi connectivity index (χ0v) is 32.0. The molecule has 0 amide bonds. The Bertz CT molecular complexity index is 3300. The van der Waals surface area contributed by atoms with E-state index < -0.39 is 0 Å². The fourth-order valence-electron chi connectivity index (χ4n) is 8.14. The molecular formula is C55H35N3O. The minimum Gasteiger partial charge on any atom is -0.455 e. The van der Waals surface area contributed by atoms with Crippen molar-refractivity contribution in [2.24, 2.45) is 0 Å². The maximum atomic E-state index is 6.61. The van der Waals surface area contributed by atoms with Gasteiger partial charge in [0.1, 0.15) is 11.2 Å². The SMILES string of the molecule is c1ccc(-c2ccc(-c3nc(-c4ccc(-c5cccc6c5oc5cccc(-c7ccccc7)c56)cc4)nc(-c4cccc(-c5ccc6ccccc6c5)c4)n3)cc2)cc1. The second-order valence-corrected chi connectivity index (χ2v) is 14.8. The van der Waals surface area contributed by atoms with E-state index >= 15 is 0 Å². The average Bonchev–Trinajstić information content (AvgIpc) is 3.71. The van der Waals surface area contributed by atoms with Crippen molar-refractivity contribution >= 4 is 32.7 Å². The van der Waals surface area contributed by atoms with Crippen LogP contribution in [0.15, 0.2) is 217 Å². The molecule has 276 valence electrons. The smallest absolute Gasteiger partial charge is 0.164 e. The van der Waals surface area contributed by atoms with Crippen LogP contribution in [0.5, 0.6) is 0 Å². The van der Waals surface area contributed by atoms with Crippen molar-refractivity contribution in [2.45, 2.75) is 0 Å². The topological polar surface area (TPSA) is 51.8 Å². The molecule has 4 nitrogen and oxygen atoms in total. The Labute approximate surface area is 341 Å². The molecule has 0 bridgehead atoms. The number of para-hydroxylation sites is 1. The van der Waals surface area contributed by atoms with Crippen molar-refractivity contribution in [3.63, 3.8) is 0 Å². The van der Waals surface area contributed by atoms with Gasteiger partial charge in [0.15, 0.2) is 17.5 Å². The van der Waals surface area contributed by atoms with E-state index in [1.165, 1.54) is 16.3 Å². The van der Waals surface area contributed by atoms with Crippen LogP contribution < -0.4 is 0 Å². The third-order valence-corrected chi connectivity index (χ3v) is 11.2. The van der Waals surface area contributed by atoms with Gasteiger partial charge < -0.3 is 4.42 Å². The van der Waals surface area contributed by atoms with Crippen LogP contribution >= 0.6 is 0 Å². The van der Waals surface area contributed by atoms with E-state index in [0.717, 1.165) is 77.6 Å². The van der Waals surface area contributed by atoms with Gasteiger partial charge in [0.2, 0.25) is 0 Å². The minimum atomic E-state index is 0.606. The summed E-state index contributed by atoms with van der Waals surface area (Å²) in [6.07, 6.45) is 0. The lowest BCUT2D eigenvalue weighted by Gasteiger charge is -2.11. The standard InChI is InChI=1S/C55H35N3O/c1-3-12-36(13-4-1)38-24-29-41(30-25-38)53-56-54(58-55(57-53)46-19-9-18-44(35-46)45-33-26-37-14-7-8-17-43(37)34-45)42-31-27-40(28-32-42)48-21-10-22-49-51-47(39-15-5-2-6-16-39)20-11-23-50(51)59-52(48)49/h1-35H. The molecule has 9 aromatic carbocycles. The van der Waals surface area contributed by atoms with Crippen LogP contribution in [0, 0.1) is 0 Å². The highest BCUT2D eigenvalue weighted by atomic mass is 16.3. The summed E-state index contributed by atoms with van der Waals surface area (Å²) in [6.45, 7) is 0. The molecule has 0 aliphatic rings. The minimum absolute atomic E-state index is 0.606. The third kappa shape index (κ3) is 6.43. The lowest BCUT2D eigenvalue weighted by molar-refractivity contribution is 0.670. The third-order valence-electron chi connectivity index (χ3n) is 11.2. The van der Waals surface area contributed by atoms with Crippen LogP contribution in [0.1, 0.15) is 0 Å². The first-order chi connectivity index (χ1) is 29.2. The molecule has 0 atom stereocenters. The lowest BCUT2D eigenvalue weighted by atomic mass is 9.97. The molecule has 0 spiro atoms. The van der Waals surface area contributed by atoms with E-state index in [9.17, 15) is 0 Å². The predicted octanol–water partition coefficient (Wildman–Crippen LogP) is 14.6. The van der Waals surface area contributed by atoms with Gasteiger partial charge in [-0.2, -0.15) is 0 Å². The fourth-order valence-corrected chi connectivity index (χ4v) is 8.14. The monoisotopic (exact) mass is 753 g/mol. The van der Waals surface area contributed by atoms with Crippen LogP contribution in [0.4, 0.5) is 0 Å². The lowest BCUT2D eigenvalue weighted by Crippen LogP contribution is -2.00. The van der Waals surface area contributed by atoms with Crippen molar-refractivity contribution in [3.05, 3.63) is 212 Å². The molecule has 2 heterocycles. The normalized spacial score (nSPS) is 11.4. The Morgan fingerprint density at radius 1 is 0.288 bits per heavy atom. The van der Waals surface area contributed by atoms with E-state index in [4.69, 9.17) is 19.4 Å². The van der Waals surface area contributed by atoms with E-state index in [0.29, 0.717) is 17.5 Å². The van der Waals surface area contributed by atoms with Gasteiger partial charge in [-0.1, -0.05) is 194 Å². The highest BCUT2D eigenvalue weighted by molar-refractivity contribution is 6.15. The van der Waals surface area contributed by atoms with Crippen molar-refractivity contribution in [1.82, 2.24) is 15.0 Å². The Balaban J connectivity index is 0.999. The number of fused-ring (bicyclic) bond motifs is 4. The van der Waals surface area contributed by atoms with Gasteiger partial charge in [-0.15, -0.1) is 0 Å². The van der Waals surface area contributed by atoms with Gasteiger partial charge >= 0.3 is 0 Å². The quantitative estimate of drug-likeness (QED) is 0.163. The summed E-state index contributed by atoms with van der Waals surface area (Å²) < 4.78 is 6.61. The number of benzene rings is 9. The molecule has 0 aliphatic heterocycles. The van der Waals surface area contributed by atoms with Crippen LogP contribution in [-0.2, 0) is 0 Å². The van der Waals surface area contributed by atoms with E-state index in [2.05, 4.69) is 200 Å². The highest BCUT2D eigenvalue weighted by Crippen LogP contribution is 2.41. The van der Waals surface area contributed by atoms with Gasteiger partial charge in [-0.3, -0.25) is 0 Å². The van der Waals surface area contributed by atoms with Crippen molar-refractivity contribution in [1.29, 1.82) is 0 Å². The maximum Gasteiger partial charge on any atom is 0.164 e. The zero-order valence-electron chi connectivity index (χ0n) is 32.0. The Morgan fingerprint density at radius 2 is 0.763 bits per heavy atom. The van der Waals surface area contributed by atoms with Crippen LogP contribution in [0.3, 0.4) is 0 Å². The molecule has 59 heavy (non-hydrogen) atoms. The molecule has 0 radical (unpaired) electrons. The molecule has 0 fully saturated rings. The number of furan rings is 1. The zero-order chi connectivity index (χ0) is 39.1. The molecule has 0 saturated heterocycles. The first-order valence-electron chi connectivity index (χ1n) is 19.8. The molecule has 0 saturated carbocycles. The predicted molar refractivity (Wildman–Crippen MR) is 243 cm³/mol. The van der Waals surface area contributed by atoms with Gasteiger partial charge in [0.25, 0.3) is 0 Å². The number of aromatic nitrogens is 3. The molecule has 11 rings (SSSR count). The highest BCUT2D eigenvalue weighted by Gasteiger charge is 2.17. The number of hydrogen-bond acceptors (Lipinski definition) is 4. The Kier molecular flexibility index (Phi) is 8.45. The van der Waals surface area contributed by atoms with E-state index in [1.54, 1.807) is 0 Å². The van der Waals surface area contributed by atoms with Gasteiger partial charge in [-0.25, -0.2) is 15.0 Å². The maximum absolute atomic E-state index is 6.61. The summed E-state index contributed by atoms with van der Waals surface area (Å²) >= 11 is 0. The summed E-state index contributed by atoms with van der Waals surface area (Å²) in [5.41, 5.74) is 13.4. The second kappa shape index (κ2) is 14.5. The fraction of sp³-hybridized carbons (Fsp3) is 0. The number of hydrogen-bond donors (Lipinski definition) is 0. The van der Waals surface area contributed by atoms with E-state index in [-0.39, 0.29) is 0 Å². The van der Waals surface area contributed by atoms with Gasteiger partial charge in [-0.05, 0) is 67.9 Å². The molecule has 0 aliphatic carbocycles. The van der Waals surface area contributed by atoms with Crippen molar-refractivity contribution in [2.75, 3.05) is 0 Å². The first kappa shape index (κ1) is 34.3. The Hall–Kier alpha value is -7.95. The molecule has 4 heteroatoms. The largest absolute Gasteiger partial charge is 0.455 e. The Morgan fingerprint density at radius 3 is 1.49 bits per heavy atom. The van der Waals surface area contributed by atoms with Crippen molar-refractivity contribution in [3.8, 4) is 78.7 Å². The molecular weight excluding hydrogens is 719 g/mol. The number of nitrogens with zero attached hydrogens (tertiary/aromatic N) is 3. The number of rotatable bonds is 7. The second-order valence-electron chi connectivity index (χ2n) is 14.8. The van der Waals surface area contributed by atoms with Gasteiger partial charge in [0, 0.05) is 33.0 Å². The summed E-state index contributed by atoms with van der Waals surface area (Å²) in [5, 5.41) is 4.64. The van der Waals surface area contributed by atoms with Crippen LogP contribution in [0.25, 0.3) is 111 Å². The average molecular weight is 754 g/mol. The van der Waals surface area contributed by atoms with E-state index in [1.807, 2.05) is 12.1 Å². The summed E-state index contributed by atoms with van der Waals surface area (Å²) in [5.74, 6) is 1.84. The summed E-state index contributed by atoms with van der Waals surface area (Å²) in [7, 11) is 0. The van der Waals surface area contributed by atoms with Crippen LogP contribution in [-0.4, -0.2) is 15.0 Å². The molecule has 11 aromatic rings. The van der Waals surface area contributed by atoms with Crippen LogP contribution in [0.2, 0.25) is 0 Å². The van der Waals surface area contributed by atoms with Crippen molar-refractivity contribution < 1.29 is 4.42 Å². The summed E-state index contributed by atoms with van der Waals surface area (Å²) in [6, 6.07) is 74.0. The molecule has 0 unspecified atom stereocenters. The summed E-state index contributed by atoms with van der Waals surface area (Å²) in [4.78, 5) is 15.3. The van der Waals surface area contributed by atoms with Gasteiger partial charge in [0.05, 0.1) is 0 Å². The molecule has 0 N–H and O–H groups in total. The first-order valence-corrected chi connectivity index (χ1v) is 19.8.